The fraction of sp³-hybridized carbons (Fsp3) is 0.667. The number of hydrogen-bond acceptors (Lipinski definition) is 2. The maximum atomic E-state index is 11.0. The fourth-order valence-electron chi connectivity index (χ4n) is 0.820. The summed E-state index contributed by atoms with van der Waals surface area (Å²) in [6.07, 6.45) is 2.57. The van der Waals surface area contributed by atoms with E-state index in [4.69, 9.17) is 4.74 Å². The fourth-order valence-corrected chi connectivity index (χ4v) is 0.820. The Morgan fingerprint density at radius 3 is 2.92 bits per heavy atom. The van der Waals surface area contributed by atoms with Gasteiger partial charge in [-0.05, 0) is 20.3 Å². The average molecular weight is 171 g/mol. The standard InChI is InChI=1S/C9H17NO2/c1-4-6-8(3)10-9(11)7-12-5-2/h4,8H,1,5-7H2,2-3H3,(H,10,11). The molecule has 0 radical (unpaired) electrons. The van der Waals surface area contributed by atoms with E-state index in [2.05, 4.69) is 11.9 Å². The lowest BCUT2D eigenvalue weighted by Crippen LogP contribution is -2.34. The topological polar surface area (TPSA) is 38.3 Å². The second-order valence-corrected chi connectivity index (χ2v) is 2.63. The second kappa shape index (κ2) is 6.85. The highest BCUT2D eigenvalue weighted by Crippen LogP contribution is 1.90. The summed E-state index contributed by atoms with van der Waals surface area (Å²) >= 11 is 0. The van der Waals surface area contributed by atoms with Crippen LogP contribution in [0.4, 0.5) is 0 Å². The van der Waals surface area contributed by atoms with E-state index in [1.807, 2.05) is 13.8 Å². The molecule has 0 bridgehead atoms. The molecule has 0 aromatic rings. The molecule has 1 N–H and O–H groups in total. The summed E-state index contributed by atoms with van der Waals surface area (Å²) in [7, 11) is 0. The maximum absolute atomic E-state index is 11.0. The molecule has 70 valence electrons. The lowest BCUT2D eigenvalue weighted by atomic mass is 10.2. The van der Waals surface area contributed by atoms with Crippen LogP contribution in [0.1, 0.15) is 20.3 Å². The number of nitrogens with one attached hydrogen (secondary N) is 1. The lowest BCUT2D eigenvalue weighted by molar-refractivity contribution is -0.126. The predicted octanol–water partition coefficient (Wildman–Crippen LogP) is 1.10. The molecule has 0 heterocycles. The molecule has 0 aliphatic rings. The van der Waals surface area contributed by atoms with Crippen LogP contribution in [-0.2, 0) is 9.53 Å². The van der Waals surface area contributed by atoms with E-state index in [1.54, 1.807) is 6.08 Å². The van der Waals surface area contributed by atoms with E-state index >= 15 is 0 Å². The van der Waals surface area contributed by atoms with Gasteiger partial charge in [-0.2, -0.15) is 0 Å². The van der Waals surface area contributed by atoms with Crippen LogP contribution in [0.2, 0.25) is 0 Å². The zero-order chi connectivity index (χ0) is 9.40. The molecule has 1 amide bonds. The number of hydrogen-bond donors (Lipinski definition) is 1. The first-order chi connectivity index (χ1) is 5.70. The summed E-state index contributed by atoms with van der Waals surface area (Å²) in [5, 5.41) is 2.78. The van der Waals surface area contributed by atoms with Gasteiger partial charge in [-0.15, -0.1) is 6.58 Å². The van der Waals surface area contributed by atoms with E-state index in [9.17, 15) is 4.79 Å². The van der Waals surface area contributed by atoms with Crippen LogP contribution in [0, 0.1) is 0 Å². The van der Waals surface area contributed by atoms with Crippen molar-refractivity contribution in [3.05, 3.63) is 12.7 Å². The van der Waals surface area contributed by atoms with Crippen molar-refractivity contribution in [3.8, 4) is 0 Å². The summed E-state index contributed by atoms with van der Waals surface area (Å²) in [5.41, 5.74) is 0. The molecule has 12 heavy (non-hydrogen) atoms. The molecular weight excluding hydrogens is 154 g/mol. The third kappa shape index (κ3) is 5.92. The molecular formula is C9H17NO2. The summed E-state index contributed by atoms with van der Waals surface area (Å²) in [4.78, 5) is 11.0. The molecule has 0 saturated carbocycles. The highest BCUT2D eigenvalue weighted by Gasteiger charge is 2.04. The minimum absolute atomic E-state index is 0.0637. The first kappa shape index (κ1) is 11.2. The van der Waals surface area contributed by atoms with Gasteiger partial charge < -0.3 is 10.1 Å². The van der Waals surface area contributed by atoms with Crippen molar-refractivity contribution in [2.75, 3.05) is 13.2 Å². The van der Waals surface area contributed by atoms with Gasteiger partial charge in [0.15, 0.2) is 0 Å². The van der Waals surface area contributed by atoms with Crippen molar-refractivity contribution in [2.24, 2.45) is 0 Å². The Morgan fingerprint density at radius 1 is 1.75 bits per heavy atom. The average Bonchev–Trinajstić information content (AvgIpc) is 2.01. The van der Waals surface area contributed by atoms with Gasteiger partial charge in [0.05, 0.1) is 0 Å². The lowest BCUT2D eigenvalue weighted by Gasteiger charge is -2.10. The third-order valence-electron chi connectivity index (χ3n) is 1.36. The Kier molecular flexibility index (Phi) is 6.38. The Bertz CT molecular complexity index is 145. The van der Waals surface area contributed by atoms with Crippen molar-refractivity contribution in [1.82, 2.24) is 5.32 Å². The molecule has 0 fully saturated rings. The van der Waals surface area contributed by atoms with Gasteiger partial charge in [0.1, 0.15) is 6.61 Å². The smallest absolute Gasteiger partial charge is 0.246 e. The number of carbonyl (C=O) groups is 1. The van der Waals surface area contributed by atoms with Crippen LogP contribution in [0.3, 0.4) is 0 Å². The molecule has 0 aromatic heterocycles. The number of rotatable bonds is 6. The Morgan fingerprint density at radius 2 is 2.42 bits per heavy atom. The molecule has 0 spiro atoms. The van der Waals surface area contributed by atoms with Gasteiger partial charge in [-0.1, -0.05) is 6.08 Å². The Balaban J connectivity index is 3.46. The van der Waals surface area contributed by atoms with Crippen LogP contribution in [-0.4, -0.2) is 25.2 Å². The summed E-state index contributed by atoms with van der Waals surface area (Å²) in [6.45, 7) is 8.11. The molecule has 0 saturated heterocycles. The Labute approximate surface area is 73.8 Å². The zero-order valence-corrected chi connectivity index (χ0v) is 7.80. The monoisotopic (exact) mass is 171 g/mol. The van der Waals surface area contributed by atoms with Crippen molar-refractivity contribution in [3.63, 3.8) is 0 Å². The zero-order valence-electron chi connectivity index (χ0n) is 7.80. The van der Waals surface area contributed by atoms with Crippen LogP contribution in [0.15, 0.2) is 12.7 Å². The van der Waals surface area contributed by atoms with Crippen molar-refractivity contribution in [2.45, 2.75) is 26.3 Å². The minimum Gasteiger partial charge on any atom is -0.372 e. The van der Waals surface area contributed by atoms with Gasteiger partial charge in [0.25, 0.3) is 0 Å². The van der Waals surface area contributed by atoms with Gasteiger partial charge >= 0.3 is 0 Å². The first-order valence-electron chi connectivity index (χ1n) is 4.18. The predicted molar refractivity (Wildman–Crippen MR) is 48.9 cm³/mol. The van der Waals surface area contributed by atoms with E-state index < -0.39 is 0 Å². The van der Waals surface area contributed by atoms with Gasteiger partial charge in [0.2, 0.25) is 5.91 Å². The van der Waals surface area contributed by atoms with Gasteiger partial charge in [0, 0.05) is 12.6 Å². The molecule has 0 aliphatic heterocycles. The molecule has 1 atom stereocenters. The van der Waals surface area contributed by atoms with Crippen LogP contribution < -0.4 is 5.32 Å². The van der Waals surface area contributed by atoms with Gasteiger partial charge in [-0.25, -0.2) is 0 Å². The van der Waals surface area contributed by atoms with E-state index in [0.717, 1.165) is 6.42 Å². The largest absolute Gasteiger partial charge is 0.372 e. The SMILES string of the molecule is C=CCC(C)NC(=O)COCC. The maximum Gasteiger partial charge on any atom is 0.246 e. The summed E-state index contributed by atoms with van der Waals surface area (Å²) < 4.78 is 4.94. The number of carbonyl (C=O) groups excluding carboxylic acids is 1. The molecule has 3 nitrogen and oxygen atoms in total. The van der Waals surface area contributed by atoms with Crippen molar-refractivity contribution >= 4 is 5.91 Å². The van der Waals surface area contributed by atoms with Crippen LogP contribution >= 0.6 is 0 Å². The highest BCUT2D eigenvalue weighted by atomic mass is 16.5. The summed E-state index contributed by atoms with van der Waals surface area (Å²) in [5.74, 6) is -0.0637. The first-order valence-corrected chi connectivity index (χ1v) is 4.18. The number of amides is 1. The Hall–Kier alpha value is -0.830. The van der Waals surface area contributed by atoms with E-state index in [-0.39, 0.29) is 18.6 Å². The van der Waals surface area contributed by atoms with Crippen LogP contribution in [0.25, 0.3) is 0 Å². The minimum atomic E-state index is -0.0637. The van der Waals surface area contributed by atoms with Crippen molar-refractivity contribution < 1.29 is 9.53 Å². The molecule has 1 unspecified atom stereocenters. The highest BCUT2D eigenvalue weighted by molar-refractivity contribution is 5.77. The number of ether oxygens (including phenoxy) is 1. The normalized spacial score (nSPS) is 12.2. The molecule has 0 aliphatic carbocycles. The van der Waals surface area contributed by atoms with E-state index in [1.165, 1.54) is 0 Å². The third-order valence-corrected chi connectivity index (χ3v) is 1.36. The quantitative estimate of drug-likeness (QED) is 0.608. The second-order valence-electron chi connectivity index (χ2n) is 2.63. The molecule has 3 heteroatoms. The molecule has 0 rings (SSSR count). The summed E-state index contributed by atoms with van der Waals surface area (Å²) in [6, 6.07) is 0.149. The van der Waals surface area contributed by atoms with Crippen molar-refractivity contribution in [1.29, 1.82) is 0 Å². The van der Waals surface area contributed by atoms with Crippen LogP contribution in [0.5, 0.6) is 0 Å². The van der Waals surface area contributed by atoms with E-state index in [0.29, 0.717) is 6.61 Å². The van der Waals surface area contributed by atoms with Gasteiger partial charge in [-0.3, -0.25) is 4.79 Å². The molecule has 0 aromatic carbocycles.